The fourth-order valence-electron chi connectivity index (χ4n) is 2.46. The summed E-state index contributed by atoms with van der Waals surface area (Å²) in [6, 6.07) is 20.6. The average molecular weight is 408 g/mol. The van der Waals surface area contributed by atoms with Crippen molar-refractivity contribution in [1.29, 1.82) is 0 Å². The van der Waals surface area contributed by atoms with Crippen molar-refractivity contribution in [1.82, 2.24) is 0 Å². The summed E-state index contributed by atoms with van der Waals surface area (Å²) in [4.78, 5) is 0. The lowest BCUT2D eigenvalue weighted by Gasteiger charge is -2.23. The molecule has 0 aromatic heterocycles. The van der Waals surface area contributed by atoms with Gasteiger partial charge in [-0.05, 0) is 42.0 Å². The Balaban J connectivity index is 0.00000280. The first kappa shape index (κ1) is 21.6. The number of halogens is 3. The quantitative estimate of drug-likeness (QED) is 0.556. The van der Waals surface area contributed by atoms with E-state index in [0.717, 1.165) is 0 Å². The van der Waals surface area contributed by atoms with E-state index in [0.29, 0.717) is 17.2 Å². The van der Waals surface area contributed by atoms with E-state index in [1.165, 1.54) is 18.2 Å². The number of ether oxygens (including phenoxy) is 2. The number of aliphatic hydroxyl groups excluding tert-OH is 1. The van der Waals surface area contributed by atoms with Crippen molar-refractivity contribution in [3.63, 3.8) is 0 Å². The van der Waals surface area contributed by atoms with Gasteiger partial charge in [0.25, 0.3) is 5.92 Å². The number of para-hydroxylation sites is 2. The van der Waals surface area contributed by atoms with E-state index in [-0.39, 0.29) is 23.7 Å². The minimum absolute atomic E-state index is 0. The Labute approximate surface area is 167 Å². The van der Waals surface area contributed by atoms with E-state index >= 15 is 0 Å². The molecule has 0 spiro atoms. The van der Waals surface area contributed by atoms with Crippen molar-refractivity contribution < 1.29 is 23.4 Å². The molecule has 0 aliphatic heterocycles. The highest BCUT2D eigenvalue weighted by Gasteiger charge is 2.37. The van der Waals surface area contributed by atoms with E-state index in [1.54, 1.807) is 36.4 Å². The molecule has 0 saturated heterocycles. The van der Waals surface area contributed by atoms with Gasteiger partial charge in [0, 0.05) is 0 Å². The van der Waals surface area contributed by atoms with Gasteiger partial charge < -0.3 is 20.3 Å². The summed E-state index contributed by atoms with van der Waals surface area (Å²) in [5.41, 5.74) is 5.77. The highest BCUT2D eigenvalue weighted by molar-refractivity contribution is 5.85. The van der Waals surface area contributed by atoms with Gasteiger partial charge in [-0.2, -0.15) is 0 Å². The van der Waals surface area contributed by atoms with Crippen molar-refractivity contribution in [2.45, 2.75) is 12.0 Å². The smallest absolute Gasteiger partial charge is 0.289 e. The van der Waals surface area contributed by atoms with Gasteiger partial charge in [-0.15, -0.1) is 12.4 Å². The van der Waals surface area contributed by atoms with Gasteiger partial charge >= 0.3 is 0 Å². The Morgan fingerprint density at radius 1 is 0.821 bits per heavy atom. The second-order valence-corrected chi connectivity index (χ2v) is 5.93. The Kier molecular flexibility index (Phi) is 7.34. The Hall–Kier alpha value is -2.67. The molecule has 0 amide bonds. The summed E-state index contributed by atoms with van der Waals surface area (Å²) in [5, 5.41) is 8.89. The molecule has 3 aromatic carbocycles. The normalized spacial score (nSPS) is 12.0. The Bertz CT molecular complexity index is 879. The third kappa shape index (κ3) is 5.19. The summed E-state index contributed by atoms with van der Waals surface area (Å²) >= 11 is 0. The van der Waals surface area contributed by atoms with Gasteiger partial charge in [0.15, 0.2) is 11.5 Å². The summed E-state index contributed by atoms with van der Waals surface area (Å²) in [6.07, 6.45) is 0. The molecule has 0 heterocycles. The van der Waals surface area contributed by atoms with E-state index in [9.17, 15) is 8.78 Å². The standard InChI is InChI=1S/C21H19F2NO3.ClH/c22-21(23,14-25)20(24)15-11-12-18(26-16-7-3-1-4-8-16)19(13-15)27-17-9-5-2-6-10-17;/h1-13,20,25H,14,24H2;1H/t20-;/m1./s1. The predicted molar refractivity (Wildman–Crippen MR) is 106 cm³/mol. The molecular formula is C21H20ClF2NO3. The SMILES string of the molecule is Cl.N[C@H](c1ccc(Oc2ccccc2)c(Oc2ccccc2)c1)C(F)(F)CO. The van der Waals surface area contributed by atoms with Crippen molar-refractivity contribution in [3.05, 3.63) is 84.4 Å². The maximum atomic E-state index is 13.8. The molecule has 3 aromatic rings. The molecule has 0 saturated carbocycles. The van der Waals surface area contributed by atoms with Crippen LogP contribution in [-0.4, -0.2) is 17.6 Å². The fraction of sp³-hybridized carbons (Fsp3) is 0.143. The molecule has 0 bridgehead atoms. The number of aliphatic hydroxyl groups is 1. The minimum atomic E-state index is -3.45. The molecule has 0 aliphatic carbocycles. The molecule has 0 fully saturated rings. The van der Waals surface area contributed by atoms with Gasteiger partial charge in [-0.1, -0.05) is 42.5 Å². The Morgan fingerprint density at radius 2 is 1.32 bits per heavy atom. The molecule has 1 atom stereocenters. The summed E-state index contributed by atoms with van der Waals surface area (Å²) in [7, 11) is 0. The zero-order valence-electron chi connectivity index (χ0n) is 14.8. The molecular weight excluding hydrogens is 388 g/mol. The maximum absolute atomic E-state index is 13.8. The number of alkyl halides is 2. The predicted octanol–water partition coefficient (Wildman–Crippen LogP) is 5.32. The van der Waals surface area contributed by atoms with Crippen LogP contribution in [0.2, 0.25) is 0 Å². The molecule has 3 rings (SSSR count). The zero-order chi connectivity index (χ0) is 19.3. The number of benzene rings is 3. The number of hydrogen-bond donors (Lipinski definition) is 2. The van der Waals surface area contributed by atoms with Crippen LogP contribution in [0.15, 0.2) is 78.9 Å². The van der Waals surface area contributed by atoms with Crippen LogP contribution in [0.4, 0.5) is 8.78 Å². The molecule has 0 radical (unpaired) electrons. The van der Waals surface area contributed by atoms with Crippen LogP contribution in [-0.2, 0) is 0 Å². The van der Waals surface area contributed by atoms with Crippen LogP contribution >= 0.6 is 12.4 Å². The second-order valence-electron chi connectivity index (χ2n) is 5.93. The monoisotopic (exact) mass is 407 g/mol. The summed E-state index contributed by atoms with van der Waals surface area (Å²) in [5.74, 6) is -1.76. The third-order valence-electron chi connectivity index (χ3n) is 3.93. The van der Waals surface area contributed by atoms with E-state index in [1.807, 2.05) is 24.3 Å². The highest BCUT2D eigenvalue weighted by Crippen LogP contribution is 2.39. The van der Waals surface area contributed by atoms with Gasteiger partial charge in [0.2, 0.25) is 0 Å². The average Bonchev–Trinajstić information content (AvgIpc) is 2.70. The van der Waals surface area contributed by atoms with Crippen LogP contribution in [0.3, 0.4) is 0 Å². The van der Waals surface area contributed by atoms with E-state index in [4.69, 9.17) is 20.3 Å². The molecule has 0 aliphatic rings. The molecule has 3 N–H and O–H groups in total. The Morgan fingerprint density at radius 3 is 1.82 bits per heavy atom. The van der Waals surface area contributed by atoms with Gasteiger partial charge in [0.05, 0.1) is 6.04 Å². The lowest BCUT2D eigenvalue weighted by atomic mass is 10.0. The molecule has 148 valence electrons. The van der Waals surface area contributed by atoms with Crippen LogP contribution in [0.1, 0.15) is 11.6 Å². The zero-order valence-corrected chi connectivity index (χ0v) is 15.6. The minimum Gasteiger partial charge on any atom is -0.453 e. The molecule has 28 heavy (non-hydrogen) atoms. The molecule has 7 heteroatoms. The second kappa shape index (κ2) is 9.50. The molecule has 0 unspecified atom stereocenters. The topological polar surface area (TPSA) is 64.7 Å². The first-order chi connectivity index (χ1) is 13.0. The van der Waals surface area contributed by atoms with Crippen molar-refractivity contribution in [2.24, 2.45) is 5.73 Å². The van der Waals surface area contributed by atoms with Crippen LogP contribution < -0.4 is 15.2 Å². The lowest BCUT2D eigenvalue weighted by Crippen LogP contribution is -2.36. The largest absolute Gasteiger partial charge is 0.453 e. The summed E-state index contributed by atoms with van der Waals surface area (Å²) < 4.78 is 39.2. The van der Waals surface area contributed by atoms with Crippen molar-refractivity contribution >= 4 is 12.4 Å². The van der Waals surface area contributed by atoms with E-state index in [2.05, 4.69) is 0 Å². The summed E-state index contributed by atoms with van der Waals surface area (Å²) in [6.45, 7) is -1.34. The number of hydrogen-bond acceptors (Lipinski definition) is 4. The first-order valence-corrected chi connectivity index (χ1v) is 8.33. The van der Waals surface area contributed by atoms with Gasteiger partial charge in [-0.25, -0.2) is 8.78 Å². The first-order valence-electron chi connectivity index (χ1n) is 8.33. The van der Waals surface area contributed by atoms with Crippen LogP contribution in [0, 0.1) is 0 Å². The van der Waals surface area contributed by atoms with E-state index < -0.39 is 18.6 Å². The van der Waals surface area contributed by atoms with Gasteiger partial charge in [0.1, 0.15) is 18.1 Å². The highest BCUT2D eigenvalue weighted by atomic mass is 35.5. The molecule has 4 nitrogen and oxygen atoms in total. The maximum Gasteiger partial charge on any atom is 0.289 e. The van der Waals surface area contributed by atoms with Crippen LogP contribution in [0.5, 0.6) is 23.0 Å². The number of rotatable bonds is 7. The van der Waals surface area contributed by atoms with Gasteiger partial charge in [-0.3, -0.25) is 0 Å². The van der Waals surface area contributed by atoms with Crippen molar-refractivity contribution in [2.75, 3.05) is 6.61 Å². The number of nitrogens with two attached hydrogens (primary N) is 1. The third-order valence-corrected chi connectivity index (χ3v) is 3.93. The van der Waals surface area contributed by atoms with Crippen molar-refractivity contribution in [3.8, 4) is 23.0 Å². The lowest BCUT2D eigenvalue weighted by molar-refractivity contribution is -0.0712. The van der Waals surface area contributed by atoms with Crippen LogP contribution in [0.25, 0.3) is 0 Å². The fourth-order valence-corrected chi connectivity index (χ4v) is 2.46.